The fourth-order valence-corrected chi connectivity index (χ4v) is 1.57. The first-order valence-electron chi connectivity index (χ1n) is 5.69. The van der Waals surface area contributed by atoms with Crippen molar-refractivity contribution in [3.8, 4) is 0 Å². The zero-order chi connectivity index (χ0) is 14.6. The van der Waals surface area contributed by atoms with E-state index in [2.05, 4.69) is 4.74 Å². The van der Waals surface area contributed by atoms with Crippen LogP contribution in [-0.4, -0.2) is 23.7 Å². The average molecular weight is 307 g/mol. The molecular weight excluding hydrogens is 291 g/mol. The third kappa shape index (κ3) is 4.14. The molecule has 6 nitrogen and oxygen atoms in total. The molecular formula is C12H16ClFN2O4. The lowest BCUT2D eigenvalue weighted by Crippen LogP contribution is -2.31. The number of esters is 1. The second-order valence-electron chi connectivity index (χ2n) is 3.98. The second kappa shape index (κ2) is 7.76. The molecule has 0 aliphatic heterocycles. The van der Waals surface area contributed by atoms with E-state index in [1.54, 1.807) is 13.8 Å². The van der Waals surface area contributed by atoms with Crippen molar-refractivity contribution in [2.24, 2.45) is 5.73 Å². The SMILES string of the molecule is CCOC(=O)C(F)[C@H](N)c1ccc(C)c([N+](=O)[O-])c1.Cl. The number of carbonyl (C=O) groups excluding carboxylic acids is 1. The van der Waals surface area contributed by atoms with Crippen LogP contribution in [0.4, 0.5) is 10.1 Å². The van der Waals surface area contributed by atoms with Gasteiger partial charge in [-0.25, -0.2) is 9.18 Å². The summed E-state index contributed by atoms with van der Waals surface area (Å²) < 4.78 is 18.2. The molecule has 0 aliphatic rings. The molecule has 2 atom stereocenters. The maximum Gasteiger partial charge on any atom is 0.342 e. The van der Waals surface area contributed by atoms with Gasteiger partial charge in [0.1, 0.15) is 0 Å². The molecule has 0 fully saturated rings. The Bertz CT molecular complexity index is 498. The zero-order valence-electron chi connectivity index (χ0n) is 11.0. The first kappa shape index (κ1) is 18.3. The summed E-state index contributed by atoms with van der Waals surface area (Å²) in [7, 11) is 0. The van der Waals surface area contributed by atoms with Gasteiger partial charge in [0, 0.05) is 11.6 Å². The Balaban J connectivity index is 0.00000361. The number of hydrogen-bond donors (Lipinski definition) is 1. The van der Waals surface area contributed by atoms with Crippen molar-refractivity contribution >= 4 is 24.1 Å². The van der Waals surface area contributed by atoms with Gasteiger partial charge in [-0.15, -0.1) is 12.4 Å². The van der Waals surface area contributed by atoms with E-state index in [0.717, 1.165) is 0 Å². The minimum Gasteiger partial charge on any atom is -0.464 e. The molecule has 1 aromatic carbocycles. The van der Waals surface area contributed by atoms with Crippen molar-refractivity contribution < 1.29 is 18.8 Å². The van der Waals surface area contributed by atoms with E-state index in [4.69, 9.17) is 5.73 Å². The number of nitro groups is 1. The third-order valence-electron chi connectivity index (χ3n) is 2.64. The number of aryl methyl sites for hydroxylation is 1. The first-order valence-corrected chi connectivity index (χ1v) is 5.69. The van der Waals surface area contributed by atoms with E-state index in [0.29, 0.717) is 5.56 Å². The van der Waals surface area contributed by atoms with E-state index < -0.39 is 23.1 Å². The van der Waals surface area contributed by atoms with E-state index >= 15 is 0 Å². The molecule has 0 aliphatic carbocycles. The second-order valence-corrected chi connectivity index (χ2v) is 3.98. The number of nitrogens with zero attached hydrogens (tertiary/aromatic N) is 1. The van der Waals surface area contributed by atoms with Gasteiger partial charge in [0.25, 0.3) is 5.69 Å². The Morgan fingerprint density at radius 1 is 1.55 bits per heavy atom. The normalized spacial score (nSPS) is 13.0. The highest BCUT2D eigenvalue weighted by Gasteiger charge is 2.29. The Morgan fingerprint density at radius 3 is 2.65 bits per heavy atom. The third-order valence-corrected chi connectivity index (χ3v) is 2.64. The Labute approximate surface area is 121 Å². The summed E-state index contributed by atoms with van der Waals surface area (Å²) in [5.41, 5.74) is 6.04. The monoisotopic (exact) mass is 306 g/mol. The predicted octanol–water partition coefficient (Wildman–Crippen LogP) is 2.23. The summed E-state index contributed by atoms with van der Waals surface area (Å²) in [5.74, 6) is -1.07. The molecule has 1 rings (SSSR count). The fraction of sp³-hybridized carbons (Fsp3) is 0.417. The van der Waals surface area contributed by atoms with Crippen molar-refractivity contribution in [2.45, 2.75) is 26.1 Å². The summed E-state index contributed by atoms with van der Waals surface area (Å²) in [4.78, 5) is 21.4. The smallest absolute Gasteiger partial charge is 0.342 e. The number of hydrogen-bond acceptors (Lipinski definition) is 5. The van der Waals surface area contributed by atoms with Crippen LogP contribution in [0.5, 0.6) is 0 Å². The van der Waals surface area contributed by atoms with Crippen LogP contribution in [0.25, 0.3) is 0 Å². The number of rotatable bonds is 5. The number of nitro benzene ring substituents is 1. The maximum absolute atomic E-state index is 13.7. The summed E-state index contributed by atoms with van der Waals surface area (Å²) >= 11 is 0. The molecule has 0 saturated carbocycles. The zero-order valence-corrected chi connectivity index (χ0v) is 11.9. The minimum absolute atomic E-state index is 0. The van der Waals surface area contributed by atoms with Crippen molar-refractivity contribution in [1.82, 2.24) is 0 Å². The largest absolute Gasteiger partial charge is 0.464 e. The molecule has 8 heteroatoms. The molecule has 0 amide bonds. The molecule has 0 spiro atoms. The summed E-state index contributed by atoms with van der Waals surface area (Å²) in [5, 5.41) is 10.8. The highest BCUT2D eigenvalue weighted by molar-refractivity contribution is 5.85. The number of carbonyl (C=O) groups is 1. The standard InChI is InChI=1S/C12H15FN2O4.ClH/c1-3-19-12(16)10(13)11(14)8-5-4-7(2)9(6-8)15(17)18;/h4-6,10-11H,3,14H2,1-2H3;1H/t10?,11-;/m1./s1. The summed E-state index contributed by atoms with van der Waals surface area (Å²) in [6.07, 6.45) is -2.05. The van der Waals surface area contributed by atoms with Gasteiger partial charge in [-0.1, -0.05) is 12.1 Å². The number of ether oxygens (including phenoxy) is 1. The first-order chi connectivity index (χ1) is 8.88. The number of nitrogens with two attached hydrogens (primary N) is 1. The Kier molecular flexibility index (Phi) is 7.09. The number of alkyl halides is 1. The van der Waals surface area contributed by atoms with Crippen LogP contribution in [0.15, 0.2) is 18.2 Å². The van der Waals surface area contributed by atoms with Crippen molar-refractivity contribution in [3.63, 3.8) is 0 Å². The maximum atomic E-state index is 13.7. The number of halogens is 2. The minimum atomic E-state index is -2.05. The molecule has 0 saturated heterocycles. The van der Waals surface area contributed by atoms with Crippen LogP contribution in [-0.2, 0) is 9.53 Å². The van der Waals surface area contributed by atoms with E-state index in [1.807, 2.05) is 0 Å². The van der Waals surface area contributed by atoms with Crippen LogP contribution < -0.4 is 5.73 Å². The molecule has 2 N–H and O–H groups in total. The van der Waals surface area contributed by atoms with Crippen LogP contribution in [0, 0.1) is 17.0 Å². The van der Waals surface area contributed by atoms with Crippen LogP contribution in [0.3, 0.4) is 0 Å². The van der Waals surface area contributed by atoms with Gasteiger partial charge in [-0.3, -0.25) is 10.1 Å². The summed E-state index contributed by atoms with van der Waals surface area (Å²) in [6.45, 7) is 3.15. The van der Waals surface area contributed by atoms with Gasteiger partial charge in [-0.2, -0.15) is 0 Å². The lowest BCUT2D eigenvalue weighted by Gasteiger charge is -2.16. The van der Waals surface area contributed by atoms with E-state index in [9.17, 15) is 19.3 Å². The van der Waals surface area contributed by atoms with Gasteiger partial charge in [-0.05, 0) is 19.4 Å². The Morgan fingerprint density at radius 2 is 2.15 bits per heavy atom. The fourth-order valence-electron chi connectivity index (χ4n) is 1.57. The van der Waals surface area contributed by atoms with E-state index in [-0.39, 0.29) is 30.3 Å². The molecule has 1 aromatic rings. The highest BCUT2D eigenvalue weighted by atomic mass is 35.5. The van der Waals surface area contributed by atoms with Gasteiger partial charge >= 0.3 is 5.97 Å². The van der Waals surface area contributed by atoms with Crippen molar-refractivity contribution in [2.75, 3.05) is 6.61 Å². The molecule has 0 radical (unpaired) electrons. The molecule has 0 heterocycles. The number of benzene rings is 1. The lowest BCUT2D eigenvalue weighted by atomic mass is 10.0. The van der Waals surface area contributed by atoms with Gasteiger partial charge in [0.15, 0.2) is 0 Å². The van der Waals surface area contributed by atoms with Gasteiger partial charge < -0.3 is 10.5 Å². The average Bonchev–Trinajstić information content (AvgIpc) is 2.37. The van der Waals surface area contributed by atoms with E-state index in [1.165, 1.54) is 18.2 Å². The molecule has 0 bridgehead atoms. The predicted molar refractivity (Wildman–Crippen MR) is 73.5 cm³/mol. The highest BCUT2D eigenvalue weighted by Crippen LogP contribution is 2.25. The molecule has 1 unspecified atom stereocenters. The van der Waals surface area contributed by atoms with Crippen molar-refractivity contribution in [1.29, 1.82) is 0 Å². The molecule has 0 aromatic heterocycles. The van der Waals surface area contributed by atoms with Crippen LogP contribution in [0.2, 0.25) is 0 Å². The van der Waals surface area contributed by atoms with Crippen LogP contribution in [0.1, 0.15) is 24.1 Å². The quantitative estimate of drug-likeness (QED) is 0.511. The lowest BCUT2D eigenvalue weighted by molar-refractivity contribution is -0.385. The van der Waals surface area contributed by atoms with Crippen molar-refractivity contribution in [3.05, 3.63) is 39.4 Å². The summed E-state index contributed by atoms with van der Waals surface area (Å²) in [6, 6.07) is 2.80. The van der Waals surface area contributed by atoms with Gasteiger partial charge in [0.05, 0.1) is 17.6 Å². The Hall–Kier alpha value is -1.73. The molecule has 112 valence electrons. The topological polar surface area (TPSA) is 95.5 Å². The van der Waals surface area contributed by atoms with Gasteiger partial charge in [0.2, 0.25) is 6.17 Å². The van der Waals surface area contributed by atoms with Crippen LogP contribution >= 0.6 is 12.4 Å². The molecule has 20 heavy (non-hydrogen) atoms.